The lowest BCUT2D eigenvalue weighted by Gasteiger charge is -2.13. The molecule has 0 fully saturated rings. The van der Waals surface area contributed by atoms with Crippen molar-refractivity contribution >= 4 is 5.69 Å². The van der Waals surface area contributed by atoms with E-state index in [0.717, 1.165) is 16.8 Å². The van der Waals surface area contributed by atoms with E-state index in [0.29, 0.717) is 11.4 Å². The van der Waals surface area contributed by atoms with Crippen molar-refractivity contribution in [1.82, 2.24) is 4.98 Å². The average Bonchev–Trinajstić information content (AvgIpc) is 2.19. The molecule has 3 heteroatoms. The molecule has 0 aromatic carbocycles. The van der Waals surface area contributed by atoms with Crippen LogP contribution >= 0.6 is 0 Å². The number of hydrogen-bond donors (Lipinski definition) is 1. The van der Waals surface area contributed by atoms with E-state index in [1.807, 2.05) is 27.7 Å². The van der Waals surface area contributed by atoms with Crippen molar-refractivity contribution in [2.45, 2.75) is 33.6 Å². The number of nitriles is 1. The molecule has 1 aromatic rings. The molecule has 0 aliphatic carbocycles. The van der Waals surface area contributed by atoms with Crippen LogP contribution in [0.15, 0.2) is 0 Å². The molecule has 1 aromatic heterocycles. The smallest absolute Gasteiger partial charge is 0.0877 e. The zero-order valence-corrected chi connectivity index (χ0v) is 9.05. The summed E-state index contributed by atoms with van der Waals surface area (Å²) in [5.74, 6) is -0.243. The fourth-order valence-electron chi connectivity index (χ4n) is 1.38. The van der Waals surface area contributed by atoms with Gasteiger partial charge in [0.05, 0.1) is 23.4 Å². The molecule has 74 valence electrons. The van der Waals surface area contributed by atoms with Crippen molar-refractivity contribution in [1.29, 1.82) is 5.26 Å². The molecule has 0 spiro atoms. The number of nitrogens with zero attached hydrogens (tertiary/aromatic N) is 2. The number of anilines is 1. The minimum Gasteiger partial charge on any atom is -0.397 e. The normalized spacial score (nSPS) is 12.2. The number of nitrogen functional groups attached to an aromatic ring is 1. The summed E-state index contributed by atoms with van der Waals surface area (Å²) >= 11 is 0. The maximum atomic E-state index is 8.82. The van der Waals surface area contributed by atoms with Crippen LogP contribution < -0.4 is 5.73 Å². The highest BCUT2D eigenvalue weighted by molar-refractivity contribution is 5.56. The second-order valence-electron chi connectivity index (χ2n) is 3.60. The molecule has 0 amide bonds. The van der Waals surface area contributed by atoms with E-state index in [2.05, 4.69) is 11.1 Å². The van der Waals surface area contributed by atoms with Gasteiger partial charge in [0.2, 0.25) is 0 Å². The van der Waals surface area contributed by atoms with Crippen LogP contribution in [0.2, 0.25) is 0 Å². The van der Waals surface area contributed by atoms with E-state index in [1.165, 1.54) is 0 Å². The van der Waals surface area contributed by atoms with E-state index < -0.39 is 0 Å². The highest BCUT2D eigenvalue weighted by Gasteiger charge is 2.14. The minimum absolute atomic E-state index is 0.243. The molecule has 0 saturated carbocycles. The molecule has 0 radical (unpaired) electrons. The Bertz CT molecular complexity index is 402. The Kier molecular flexibility index (Phi) is 2.76. The number of nitrogens with two attached hydrogens (primary N) is 1. The molecule has 0 aliphatic rings. The fourth-order valence-corrected chi connectivity index (χ4v) is 1.38. The van der Waals surface area contributed by atoms with Crippen LogP contribution in [0.1, 0.15) is 35.4 Å². The predicted octanol–water partition coefficient (Wildman–Crippen LogP) is 2.22. The van der Waals surface area contributed by atoms with E-state index in [1.54, 1.807) is 0 Å². The molecule has 0 aliphatic heterocycles. The van der Waals surface area contributed by atoms with Crippen LogP contribution in [-0.4, -0.2) is 4.98 Å². The third-order valence-electron chi connectivity index (χ3n) is 2.68. The summed E-state index contributed by atoms with van der Waals surface area (Å²) < 4.78 is 0. The number of aromatic nitrogens is 1. The van der Waals surface area contributed by atoms with Crippen molar-refractivity contribution in [3.63, 3.8) is 0 Å². The summed E-state index contributed by atoms with van der Waals surface area (Å²) in [5, 5.41) is 8.82. The van der Waals surface area contributed by atoms with Crippen LogP contribution in [0.5, 0.6) is 0 Å². The lowest BCUT2D eigenvalue weighted by atomic mass is 10.0. The van der Waals surface area contributed by atoms with Gasteiger partial charge in [0.25, 0.3) is 0 Å². The van der Waals surface area contributed by atoms with E-state index in [-0.39, 0.29) is 5.92 Å². The zero-order chi connectivity index (χ0) is 10.9. The summed E-state index contributed by atoms with van der Waals surface area (Å²) in [6.45, 7) is 7.71. The van der Waals surface area contributed by atoms with Crippen molar-refractivity contribution in [3.8, 4) is 6.07 Å². The SMILES string of the molecule is Cc1nc(C(C)C#N)c(N)c(C)c1C. The first-order valence-electron chi connectivity index (χ1n) is 4.61. The number of pyridine rings is 1. The quantitative estimate of drug-likeness (QED) is 0.736. The second kappa shape index (κ2) is 3.67. The van der Waals surface area contributed by atoms with Gasteiger partial charge in [0, 0.05) is 5.69 Å². The Morgan fingerprint density at radius 3 is 2.36 bits per heavy atom. The molecule has 1 atom stereocenters. The number of hydrogen-bond acceptors (Lipinski definition) is 3. The third-order valence-corrected chi connectivity index (χ3v) is 2.68. The minimum atomic E-state index is -0.243. The summed E-state index contributed by atoms with van der Waals surface area (Å²) in [6.07, 6.45) is 0. The fraction of sp³-hybridized carbons (Fsp3) is 0.455. The Balaban J connectivity index is 3.42. The van der Waals surface area contributed by atoms with Gasteiger partial charge in [-0.1, -0.05) is 0 Å². The highest BCUT2D eigenvalue weighted by Crippen LogP contribution is 2.26. The van der Waals surface area contributed by atoms with Crippen molar-refractivity contribution in [2.75, 3.05) is 5.73 Å². The van der Waals surface area contributed by atoms with Gasteiger partial charge in [0.1, 0.15) is 0 Å². The molecule has 1 rings (SSSR count). The van der Waals surface area contributed by atoms with Gasteiger partial charge in [-0.25, -0.2) is 0 Å². The Morgan fingerprint density at radius 2 is 1.86 bits per heavy atom. The molecule has 14 heavy (non-hydrogen) atoms. The number of rotatable bonds is 1. The second-order valence-corrected chi connectivity index (χ2v) is 3.60. The van der Waals surface area contributed by atoms with Crippen LogP contribution in [0.25, 0.3) is 0 Å². The van der Waals surface area contributed by atoms with E-state index >= 15 is 0 Å². The summed E-state index contributed by atoms with van der Waals surface area (Å²) in [5.41, 5.74) is 10.4. The van der Waals surface area contributed by atoms with Crippen LogP contribution in [0.4, 0.5) is 5.69 Å². The lowest BCUT2D eigenvalue weighted by Crippen LogP contribution is -2.07. The van der Waals surface area contributed by atoms with Crippen molar-refractivity contribution < 1.29 is 0 Å². The first kappa shape index (κ1) is 10.5. The molecule has 0 saturated heterocycles. The zero-order valence-electron chi connectivity index (χ0n) is 9.05. The third kappa shape index (κ3) is 1.56. The molecule has 0 bridgehead atoms. The van der Waals surface area contributed by atoms with Crippen LogP contribution in [0.3, 0.4) is 0 Å². The van der Waals surface area contributed by atoms with Gasteiger partial charge in [-0.3, -0.25) is 4.98 Å². The van der Waals surface area contributed by atoms with Crippen molar-refractivity contribution in [2.24, 2.45) is 0 Å². The highest BCUT2D eigenvalue weighted by atomic mass is 14.8. The van der Waals surface area contributed by atoms with Gasteiger partial charge in [0.15, 0.2) is 0 Å². The predicted molar refractivity (Wildman–Crippen MR) is 56.9 cm³/mol. The van der Waals surface area contributed by atoms with Crippen LogP contribution in [0, 0.1) is 32.1 Å². The molecule has 1 heterocycles. The summed E-state index contributed by atoms with van der Waals surface area (Å²) in [4.78, 5) is 4.36. The lowest BCUT2D eigenvalue weighted by molar-refractivity contribution is 0.900. The first-order valence-corrected chi connectivity index (χ1v) is 4.61. The summed E-state index contributed by atoms with van der Waals surface area (Å²) in [6, 6.07) is 2.15. The van der Waals surface area contributed by atoms with E-state index in [9.17, 15) is 0 Å². The van der Waals surface area contributed by atoms with Gasteiger partial charge < -0.3 is 5.73 Å². The molecule has 2 N–H and O–H groups in total. The Hall–Kier alpha value is -1.56. The van der Waals surface area contributed by atoms with Crippen molar-refractivity contribution in [3.05, 3.63) is 22.5 Å². The maximum absolute atomic E-state index is 8.82. The van der Waals surface area contributed by atoms with Gasteiger partial charge in [-0.2, -0.15) is 5.26 Å². The topological polar surface area (TPSA) is 62.7 Å². The Morgan fingerprint density at radius 1 is 1.29 bits per heavy atom. The first-order chi connectivity index (χ1) is 6.49. The molecule has 1 unspecified atom stereocenters. The monoisotopic (exact) mass is 189 g/mol. The van der Waals surface area contributed by atoms with Gasteiger partial charge >= 0.3 is 0 Å². The van der Waals surface area contributed by atoms with Gasteiger partial charge in [-0.15, -0.1) is 0 Å². The average molecular weight is 189 g/mol. The standard InChI is InChI=1S/C11H15N3/c1-6(5-12)11-10(13)8(3)7(2)9(4)14-11/h6H,13H2,1-4H3. The van der Waals surface area contributed by atoms with E-state index in [4.69, 9.17) is 11.0 Å². The molecule has 3 nitrogen and oxygen atoms in total. The number of aryl methyl sites for hydroxylation is 1. The largest absolute Gasteiger partial charge is 0.397 e. The maximum Gasteiger partial charge on any atom is 0.0877 e. The summed E-state index contributed by atoms with van der Waals surface area (Å²) in [7, 11) is 0. The van der Waals surface area contributed by atoms with Gasteiger partial charge in [-0.05, 0) is 38.8 Å². The van der Waals surface area contributed by atoms with Crippen LogP contribution in [-0.2, 0) is 0 Å². The molecular weight excluding hydrogens is 174 g/mol. The molecular formula is C11H15N3. The Labute approximate surface area is 84.6 Å².